The van der Waals surface area contributed by atoms with E-state index in [2.05, 4.69) is 24.3 Å². The van der Waals surface area contributed by atoms with Crippen molar-refractivity contribution < 1.29 is 19.1 Å². The van der Waals surface area contributed by atoms with Crippen molar-refractivity contribution in [3.8, 4) is 0 Å². The first-order chi connectivity index (χ1) is 10.6. The fraction of sp³-hybridized carbons (Fsp3) is 0.556. The van der Waals surface area contributed by atoms with Gasteiger partial charge in [-0.2, -0.15) is 0 Å². The van der Waals surface area contributed by atoms with Crippen LogP contribution >= 0.6 is 0 Å². The van der Waals surface area contributed by atoms with E-state index in [0.717, 1.165) is 12.8 Å². The monoisotopic (exact) mass is 300 g/mol. The molecule has 0 aliphatic heterocycles. The van der Waals surface area contributed by atoms with E-state index < -0.39 is 0 Å². The Morgan fingerprint density at radius 3 is 2.27 bits per heavy atom. The highest BCUT2D eigenvalue weighted by molar-refractivity contribution is 5.67. The van der Waals surface area contributed by atoms with Crippen molar-refractivity contribution in [2.45, 2.75) is 44.8 Å². The van der Waals surface area contributed by atoms with Crippen LogP contribution in [0.4, 0.5) is 0 Å². The van der Waals surface area contributed by atoms with Gasteiger partial charge in [-0.3, -0.25) is 9.59 Å². The number of benzene rings is 1. The van der Waals surface area contributed by atoms with Crippen LogP contribution in [-0.4, -0.2) is 24.1 Å². The molecular weight excluding hydrogens is 280 g/mol. The highest BCUT2D eigenvalue weighted by atomic mass is 16.6. The minimum absolute atomic E-state index is 0.270. The second-order valence-electron chi connectivity index (χ2n) is 6.80. The molecule has 1 aromatic carbocycles. The van der Waals surface area contributed by atoms with Crippen molar-refractivity contribution in [2.75, 3.05) is 0 Å². The zero-order chi connectivity index (χ0) is 15.4. The predicted molar refractivity (Wildman–Crippen MR) is 79.1 cm³/mol. The lowest BCUT2D eigenvalue weighted by Gasteiger charge is -2.37. The molecule has 6 atom stereocenters. The van der Waals surface area contributed by atoms with E-state index in [0.29, 0.717) is 17.8 Å². The normalized spacial score (nSPS) is 37.5. The summed E-state index contributed by atoms with van der Waals surface area (Å²) >= 11 is 0. The third-order valence-electron chi connectivity index (χ3n) is 5.66. The van der Waals surface area contributed by atoms with Crippen LogP contribution in [0.1, 0.15) is 37.3 Å². The number of esters is 2. The SMILES string of the molecule is CC(=O)OC1C2CC(C1OC(C)=O)C1c3ccccc3CC21. The molecular formula is C18H20O4. The third kappa shape index (κ3) is 1.89. The quantitative estimate of drug-likeness (QED) is 0.787. The molecule has 116 valence electrons. The summed E-state index contributed by atoms with van der Waals surface area (Å²) in [6, 6.07) is 8.55. The molecule has 2 fully saturated rings. The molecule has 0 radical (unpaired) electrons. The first-order valence-electron chi connectivity index (χ1n) is 7.98. The molecule has 0 saturated heterocycles. The van der Waals surface area contributed by atoms with Crippen molar-refractivity contribution in [3.05, 3.63) is 35.4 Å². The summed E-state index contributed by atoms with van der Waals surface area (Å²) in [5, 5.41) is 0. The number of fused-ring (bicyclic) bond motifs is 7. The number of ether oxygens (including phenoxy) is 2. The van der Waals surface area contributed by atoms with E-state index in [1.807, 2.05) is 0 Å². The van der Waals surface area contributed by atoms with Crippen LogP contribution in [0, 0.1) is 17.8 Å². The van der Waals surface area contributed by atoms with Gasteiger partial charge in [-0.15, -0.1) is 0 Å². The lowest BCUT2D eigenvalue weighted by molar-refractivity contribution is -0.172. The van der Waals surface area contributed by atoms with E-state index >= 15 is 0 Å². The molecule has 6 unspecified atom stereocenters. The van der Waals surface area contributed by atoms with Crippen molar-refractivity contribution in [1.29, 1.82) is 0 Å². The molecule has 22 heavy (non-hydrogen) atoms. The number of hydrogen-bond acceptors (Lipinski definition) is 4. The summed E-state index contributed by atoms with van der Waals surface area (Å²) in [6.07, 6.45) is 1.47. The molecule has 4 heteroatoms. The molecule has 1 aromatic rings. The molecule has 0 N–H and O–H groups in total. The maximum absolute atomic E-state index is 11.5. The Labute approximate surface area is 129 Å². The van der Waals surface area contributed by atoms with Crippen LogP contribution in [0.25, 0.3) is 0 Å². The summed E-state index contributed by atoms with van der Waals surface area (Å²) < 4.78 is 11.1. The zero-order valence-electron chi connectivity index (χ0n) is 12.8. The minimum Gasteiger partial charge on any atom is -0.458 e. The summed E-state index contributed by atoms with van der Waals surface area (Å²) in [7, 11) is 0. The van der Waals surface area contributed by atoms with Crippen LogP contribution in [-0.2, 0) is 25.5 Å². The largest absolute Gasteiger partial charge is 0.458 e. The second kappa shape index (κ2) is 4.83. The van der Waals surface area contributed by atoms with Crippen LogP contribution in [0.3, 0.4) is 0 Å². The van der Waals surface area contributed by atoms with Gasteiger partial charge in [0, 0.05) is 25.7 Å². The maximum Gasteiger partial charge on any atom is 0.303 e. The van der Waals surface area contributed by atoms with Gasteiger partial charge in [-0.25, -0.2) is 0 Å². The van der Waals surface area contributed by atoms with Gasteiger partial charge in [0.05, 0.1) is 0 Å². The first kappa shape index (κ1) is 13.8. The number of carbonyl (C=O) groups excluding carboxylic acids is 2. The number of rotatable bonds is 2. The average Bonchev–Trinajstić information content (AvgIpc) is 3.07. The fourth-order valence-corrected chi connectivity index (χ4v) is 5.15. The van der Waals surface area contributed by atoms with Crippen LogP contribution < -0.4 is 0 Å². The van der Waals surface area contributed by atoms with Crippen molar-refractivity contribution in [1.82, 2.24) is 0 Å². The van der Waals surface area contributed by atoms with Gasteiger partial charge in [0.1, 0.15) is 12.2 Å². The molecule has 0 amide bonds. The lowest BCUT2D eigenvalue weighted by Crippen LogP contribution is -2.44. The Kier molecular flexibility index (Phi) is 3.03. The van der Waals surface area contributed by atoms with Gasteiger partial charge >= 0.3 is 11.9 Å². The highest BCUT2D eigenvalue weighted by Crippen LogP contribution is 2.62. The van der Waals surface area contributed by atoms with Crippen molar-refractivity contribution >= 4 is 11.9 Å². The van der Waals surface area contributed by atoms with E-state index in [1.165, 1.54) is 25.0 Å². The van der Waals surface area contributed by atoms with Gasteiger partial charge in [-0.1, -0.05) is 24.3 Å². The van der Waals surface area contributed by atoms with E-state index in [4.69, 9.17) is 9.47 Å². The van der Waals surface area contributed by atoms with Gasteiger partial charge in [0.15, 0.2) is 0 Å². The smallest absolute Gasteiger partial charge is 0.303 e. The van der Waals surface area contributed by atoms with Crippen molar-refractivity contribution in [2.24, 2.45) is 17.8 Å². The Morgan fingerprint density at radius 1 is 0.955 bits per heavy atom. The van der Waals surface area contributed by atoms with Crippen LogP contribution in [0.5, 0.6) is 0 Å². The molecule has 2 saturated carbocycles. The van der Waals surface area contributed by atoms with Crippen LogP contribution in [0.2, 0.25) is 0 Å². The Morgan fingerprint density at radius 2 is 1.59 bits per heavy atom. The fourth-order valence-electron chi connectivity index (χ4n) is 5.15. The van der Waals surface area contributed by atoms with Gasteiger partial charge < -0.3 is 9.47 Å². The van der Waals surface area contributed by atoms with E-state index in [9.17, 15) is 9.59 Å². The molecule has 4 rings (SSSR count). The number of hydrogen-bond donors (Lipinski definition) is 0. The van der Waals surface area contributed by atoms with Gasteiger partial charge in [0.2, 0.25) is 0 Å². The molecule has 3 aliphatic carbocycles. The van der Waals surface area contributed by atoms with Gasteiger partial charge in [0.25, 0.3) is 0 Å². The summed E-state index contributed by atoms with van der Waals surface area (Å²) in [5.74, 6) is 0.942. The molecule has 0 spiro atoms. The molecule has 4 nitrogen and oxygen atoms in total. The Bertz CT molecular complexity index is 638. The molecule has 0 aromatic heterocycles. The average molecular weight is 300 g/mol. The highest BCUT2D eigenvalue weighted by Gasteiger charge is 2.63. The predicted octanol–water partition coefficient (Wildman–Crippen LogP) is 2.46. The zero-order valence-corrected chi connectivity index (χ0v) is 12.8. The second-order valence-corrected chi connectivity index (χ2v) is 6.80. The molecule has 3 aliphatic rings. The van der Waals surface area contributed by atoms with E-state index in [-0.39, 0.29) is 30.1 Å². The first-order valence-corrected chi connectivity index (χ1v) is 7.98. The standard InChI is InChI=1S/C18H20O4/c1-9(19)21-17-14-8-15(18(17)22-10(2)20)16-12-6-4-3-5-11(12)7-13(14)16/h3-6,13-18H,7-8H2,1-2H3. The molecule has 2 bridgehead atoms. The maximum atomic E-state index is 11.5. The van der Waals surface area contributed by atoms with Crippen molar-refractivity contribution in [3.63, 3.8) is 0 Å². The minimum atomic E-state index is -0.294. The van der Waals surface area contributed by atoms with Gasteiger partial charge in [-0.05, 0) is 35.8 Å². The summed E-state index contributed by atoms with van der Waals surface area (Å²) in [4.78, 5) is 22.9. The van der Waals surface area contributed by atoms with E-state index in [1.54, 1.807) is 0 Å². The van der Waals surface area contributed by atoms with Crippen LogP contribution in [0.15, 0.2) is 24.3 Å². The Hall–Kier alpha value is -1.84. The summed E-state index contributed by atoms with van der Waals surface area (Å²) in [5.41, 5.74) is 2.80. The topological polar surface area (TPSA) is 52.6 Å². The Balaban J connectivity index is 1.69. The third-order valence-corrected chi connectivity index (χ3v) is 5.66. The lowest BCUT2D eigenvalue weighted by atomic mass is 9.76. The number of carbonyl (C=O) groups is 2. The summed E-state index contributed by atoms with van der Waals surface area (Å²) in [6.45, 7) is 2.86. The molecule has 0 heterocycles.